The molecule has 14 heavy (non-hydrogen) atoms. The SMILES string of the molecule is CCC(=O)CCCN1CCCCCC1. The van der Waals surface area contributed by atoms with E-state index in [0.717, 1.165) is 19.4 Å². The van der Waals surface area contributed by atoms with Gasteiger partial charge in [-0.05, 0) is 38.9 Å². The zero-order chi connectivity index (χ0) is 10.2. The average Bonchev–Trinajstić information content (AvgIpc) is 2.46. The number of ketones is 1. The minimum atomic E-state index is 0.417. The normalized spacial score (nSPS) is 19.2. The Labute approximate surface area is 87.7 Å². The van der Waals surface area contributed by atoms with Gasteiger partial charge in [0.15, 0.2) is 0 Å². The van der Waals surface area contributed by atoms with Gasteiger partial charge in [0.1, 0.15) is 5.78 Å². The van der Waals surface area contributed by atoms with Crippen LogP contribution in [0.1, 0.15) is 51.9 Å². The summed E-state index contributed by atoms with van der Waals surface area (Å²) in [5.41, 5.74) is 0. The molecule has 0 aromatic carbocycles. The molecule has 2 heteroatoms. The molecule has 1 heterocycles. The van der Waals surface area contributed by atoms with E-state index in [1.165, 1.54) is 38.8 Å². The van der Waals surface area contributed by atoms with Crippen molar-refractivity contribution in [1.82, 2.24) is 4.90 Å². The zero-order valence-corrected chi connectivity index (χ0v) is 9.43. The van der Waals surface area contributed by atoms with E-state index < -0.39 is 0 Å². The van der Waals surface area contributed by atoms with Gasteiger partial charge in [-0.1, -0.05) is 19.8 Å². The molecule has 0 aromatic rings. The predicted octanol–water partition coefficient (Wildman–Crippen LogP) is 2.62. The largest absolute Gasteiger partial charge is 0.303 e. The summed E-state index contributed by atoms with van der Waals surface area (Å²) in [6.45, 7) is 5.58. The lowest BCUT2D eigenvalue weighted by Crippen LogP contribution is -2.26. The molecule has 0 aromatic heterocycles. The Balaban J connectivity index is 2.07. The van der Waals surface area contributed by atoms with Crippen LogP contribution >= 0.6 is 0 Å². The van der Waals surface area contributed by atoms with Crippen molar-refractivity contribution in [3.05, 3.63) is 0 Å². The van der Waals surface area contributed by atoms with Crippen LogP contribution in [0.2, 0.25) is 0 Å². The number of hydrogen-bond acceptors (Lipinski definition) is 2. The Bertz CT molecular complexity index is 160. The van der Waals surface area contributed by atoms with Gasteiger partial charge in [0.05, 0.1) is 0 Å². The molecule has 0 radical (unpaired) electrons. The van der Waals surface area contributed by atoms with Crippen LogP contribution < -0.4 is 0 Å². The van der Waals surface area contributed by atoms with Gasteiger partial charge >= 0.3 is 0 Å². The molecule has 1 fully saturated rings. The van der Waals surface area contributed by atoms with Crippen LogP contribution in [0.4, 0.5) is 0 Å². The summed E-state index contributed by atoms with van der Waals surface area (Å²) in [6.07, 6.45) is 8.04. The van der Waals surface area contributed by atoms with Crippen molar-refractivity contribution < 1.29 is 4.79 Å². The standard InChI is InChI=1S/C12H23NO/c1-2-12(14)8-7-11-13-9-5-3-4-6-10-13/h2-11H2,1H3. The third kappa shape index (κ3) is 4.75. The Hall–Kier alpha value is -0.370. The van der Waals surface area contributed by atoms with E-state index in [1.807, 2.05) is 6.92 Å². The highest BCUT2D eigenvalue weighted by atomic mass is 16.1. The van der Waals surface area contributed by atoms with E-state index >= 15 is 0 Å². The fourth-order valence-corrected chi connectivity index (χ4v) is 2.04. The molecule has 1 aliphatic heterocycles. The van der Waals surface area contributed by atoms with Gasteiger partial charge < -0.3 is 4.90 Å². The second-order valence-corrected chi connectivity index (χ2v) is 4.25. The van der Waals surface area contributed by atoms with Crippen molar-refractivity contribution in [3.63, 3.8) is 0 Å². The van der Waals surface area contributed by atoms with Gasteiger partial charge in [-0.2, -0.15) is 0 Å². The third-order valence-electron chi connectivity index (χ3n) is 3.02. The smallest absolute Gasteiger partial charge is 0.132 e. The van der Waals surface area contributed by atoms with Crippen LogP contribution in [0, 0.1) is 0 Å². The second kappa shape index (κ2) is 6.99. The summed E-state index contributed by atoms with van der Waals surface area (Å²) in [5.74, 6) is 0.417. The summed E-state index contributed by atoms with van der Waals surface area (Å²) in [7, 11) is 0. The fraction of sp³-hybridized carbons (Fsp3) is 0.917. The lowest BCUT2D eigenvalue weighted by atomic mass is 10.2. The minimum absolute atomic E-state index is 0.417. The Morgan fingerprint density at radius 3 is 2.36 bits per heavy atom. The molecule has 0 spiro atoms. The summed E-state index contributed by atoms with van der Waals surface area (Å²) in [4.78, 5) is 13.6. The van der Waals surface area contributed by atoms with Gasteiger partial charge in [-0.3, -0.25) is 4.79 Å². The van der Waals surface area contributed by atoms with Crippen molar-refractivity contribution >= 4 is 5.78 Å². The summed E-state index contributed by atoms with van der Waals surface area (Å²) in [5, 5.41) is 0. The maximum absolute atomic E-state index is 11.1. The molecular weight excluding hydrogens is 174 g/mol. The van der Waals surface area contributed by atoms with E-state index in [0.29, 0.717) is 12.2 Å². The van der Waals surface area contributed by atoms with Gasteiger partial charge in [-0.15, -0.1) is 0 Å². The van der Waals surface area contributed by atoms with Crippen LogP contribution in [0.3, 0.4) is 0 Å². The average molecular weight is 197 g/mol. The monoisotopic (exact) mass is 197 g/mol. The number of nitrogens with zero attached hydrogens (tertiary/aromatic N) is 1. The van der Waals surface area contributed by atoms with E-state index in [2.05, 4.69) is 4.90 Å². The molecule has 0 aliphatic carbocycles. The number of hydrogen-bond donors (Lipinski definition) is 0. The molecule has 1 rings (SSSR count). The molecule has 0 unspecified atom stereocenters. The third-order valence-corrected chi connectivity index (χ3v) is 3.02. The van der Waals surface area contributed by atoms with Crippen LogP contribution in [-0.2, 0) is 4.79 Å². The summed E-state index contributed by atoms with van der Waals surface area (Å²) in [6, 6.07) is 0. The molecule has 1 saturated heterocycles. The number of likely N-dealkylation sites (tertiary alicyclic amines) is 1. The Kier molecular flexibility index (Phi) is 5.85. The lowest BCUT2D eigenvalue weighted by molar-refractivity contribution is -0.118. The zero-order valence-electron chi connectivity index (χ0n) is 9.43. The number of carbonyl (C=O) groups excluding carboxylic acids is 1. The number of carbonyl (C=O) groups is 1. The number of Topliss-reactive ketones (excluding diaryl/α,β-unsaturated/α-hetero) is 1. The Morgan fingerprint density at radius 1 is 1.14 bits per heavy atom. The van der Waals surface area contributed by atoms with Crippen LogP contribution in [0.25, 0.3) is 0 Å². The summed E-state index contributed by atoms with van der Waals surface area (Å²) >= 11 is 0. The highest BCUT2D eigenvalue weighted by Crippen LogP contribution is 2.10. The second-order valence-electron chi connectivity index (χ2n) is 4.25. The van der Waals surface area contributed by atoms with Gasteiger partial charge in [-0.25, -0.2) is 0 Å². The fourth-order valence-electron chi connectivity index (χ4n) is 2.04. The van der Waals surface area contributed by atoms with Gasteiger partial charge in [0.2, 0.25) is 0 Å². The molecule has 82 valence electrons. The van der Waals surface area contributed by atoms with Crippen molar-refractivity contribution in [3.8, 4) is 0 Å². The molecule has 0 bridgehead atoms. The first-order valence-electron chi connectivity index (χ1n) is 6.07. The molecule has 1 aliphatic rings. The van der Waals surface area contributed by atoms with Gasteiger partial charge in [0, 0.05) is 12.8 Å². The van der Waals surface area contributed by atoms with Crippen LogP contribution in [-0.4, -0.2) is 30.3 Å². The first kappa shape index (κ1) is 11.7. The molecule has 2 nitrogen and oxygen atoms in total. The summed E-state index contributed by atoms with van der Waals surface area (Å²) < 4.78 is 0. The van der Waals surface area contributed by atoms with Crippen molar-refractivity contribution in [1.29, 1.82) is 0 Å². The van der Waals surface area contributed by atoms with Crippen molar-refractivity contribution in [2.75, 3.05) is 19.6 Å². The molecule has 0 saturated carbocycles. The minimum Gasteiger partial charge on any atom is -0.303 e. The maximum Gasteiger partial charge on any atom is 0.132 e. The topological polar surface area (TPSA) is 20.3 Å². The van der Waals surface area contributed by atoms with Gasteiger partial charge in [0.25, 0.3) is 0 Å². The quantitative estimate of drug-likeness (QED) is 0.675. The van der Waals surface area contributed by atoms with E-state index in [-0.39, 0.29) is 0 Å². The van der Waals surface area contributed by atoms with Crippen LogP contribution in [0.5, 0.6) is 0 Å². The van der Waals surface area contributed by atoms with E-state index in [1.54, 1.807) is 0 Å². The molecular formula is C12H23NO. The van der Waals surface area contributed by atoms with Crippen molar-refractivity contribution in [2.24, 2.45) is 0 Å². The first-order valence-corrected chi connectivity index (χ1v) is 6.07. The highest BCUT2D eigenvalue weighted by molar-refractivity contribution is 5.77. The molecule has 0 atom stereocenters. The van der Waals surface area contributed by atoms with E-state index in [4.69, 9.17) is 0 Å². The highest BCUT2D eigenvalue weighted by Gasteiger charge is 2.08. The Morgan fingerprint density at radius 2 is 1.79 bits per heavy atom. The van der Waals surface area contributed by atoms with Crippen molar-refractivity contribution in [2.45, 2.75) is 51.9 Å². The molecule has 0 amide bonds. The van der Waals surface area contributed by atoms with Crippen LogP contribution in [0.15, 0.2) is 0 Å². The number of rotatable bonds is 5. The predicted molar refractivity (Wildman–Crippen MR) is 59.4 cm³/mol. The maximum atomic E-state index is 11.1. The molecule has 0 N–H and O–H groups in total. The lowest BCUT2D eigenvalue weighted by Gasteiger charge is -2.18. The first-order chi connectivity index (χ1) is 6.83. The van der Waals surface area contributed by atoms with E-state index in [9.17, 15) is 4.79 Å².